The fourth-order valence-electron chi connectivity index (χ4n) is 2.62. The molecule has 0 radical (unpaired) electrons. The van der Waals surface area contributed by atoms with Crippen molar-refractivity contribution in [1.29, 1.82) is 0 Å². The van der Waals surface area contributed by atoms with Crippen molar-refractivity contribution >= 4 is 11.6 Å². The highest BCUT2D eigenvalue weighted by molar-refractivity contribution is 6.30. The van der Waals surface area contributed by atoms with Gasteiger partial charge in [0.05, 0.1) is 7.11 Å². The second-order valence-electron chi connectivity index (χ2n) is 5.75. The molecule has 27 heavy (non-hydrogen) atoms. The Hall–Kier alpha value is -3.26. The van der Waals surface area contributed by atoms with E-state index in [1.807, 2.05) is 42.5 Å². The minimum atomic E-state index is 0.236. The average molecular weight is 383 g/mol. The van der Waals surface area contributed by atoms with Crippen LogP contribution in [0.4, 0.5) is 0 Å². The van der Waals surface area contributed by atoms with E-state index >= 15 is 0 Å². The maximum absolute atomic E-state index is 6.06. The first-order valence-electron chi connectivity index (χ1n) is 8.18. The molecule has 0 atom stereocenters. The van der Waals surface area contributed by atoms with E-state index in [0.717, 1.165) is 16.9 Å². The number of benzene rings is 2. The van der Waals surface area contributed by atoms with Crippen LogP contribution in [0.1, 0.15) is 17.3 Å². The summed E-state index contributed by atoms with van der Waals surface area (Å²) < 4.78 is 10.6. The molecular weight excluding hydrogens is 368 g/mol. The second-order valence-corrected chi connectivity index (χ2v) is 6.18. The molecule has 2 aromatic heterocycles. The van der Waals surface area contributed by atoms with E-state index in [1.165, 1.54) is 4.80 Å². The predicted octanol–water partition coefficient (Wildman–Crippen LogP) is 3.02. The van der Waals surface area contributed by atoms with Gasteiger partial charge in [-0.25, -0.2) is 0 Å². The highest BCUT2D eigenvalue weighted by atomic mass is 35.5. The van der Waals surface area contributed by atoms with Crippen LogP contribution in [-0.2, 0) is 13.0 Å². The van der Waals surface area contributed by atoms with Gasteiger partial charge in [0.25, 0.3) is 0 Å². The van der Waals surface area contributed by atoms with E-state index in [0.29, 0.717) is 29.0 Å². The molecule has 2 heterocycles. The zero-order chi connectivity index (χ0) is 18.6. The minimum Gasteiger partial charge on any atom is -0.496 e. The van der Waals surface area contributed by atoms with Crippen LogP contribution in [0.25, 0.3) is 11.4 Å². The molecule has 0 aliphatic heterocycles. The molecule has 0 saturated heterocycles. The lowest BCUT2D eigenvalue weighted by atomic mass is 10.1. The summed E-state index contributed by atoms with van der Waals surface area (Å²) in [6.07, 6.45) is 0.438. The van der Waals surface area contributed by atoms with Gasteiger partial charge in [-0.2, -0.15) is 9.78 Å². The second kappa shape index (κ2) is 7.55. The summed E-state index contributed by atoms with van der Waals surface area (Å²) in [5, 5.41) is 17.0. The number of hydrogen-bond donors (Lipinski definition) is 0. The Morgan fingerprint density at radius 2 is 2.00 bits per heavy atom. The smallest absolute Gasteiger partial charge is 0.250 e. The molecule has 0 N–H and O–H groups in total. The summed E-state index contributed by atoms with van der Waals surface area (Å²) in [4.78, 5) is 5.80. The van der Waals surface area contributed by atoms with Crippen molar-refractivity contribution in [2.45, 2.75) is 13.0 Å². The standard InChI is InChI=1S/C18H15ClN6O2/c1-26-15-8-7-14(19)9-13(15)10-16-20-17(27-23-16)11-25-22-18(21-24-25)12-5-3-2-4-6-12/h2-9H,10-11H2,1H3. The maximum Gasteiger partial charge on any atom is 0.250 e. The van der Waals surface area contributed by atoms with Gasteiger partial charge in [-0.05, 0) is 23.4 Å². The Labute approximate surface area is 159 Å². The molecule has 0 amide bonds. The third-order valence-corrected chi connectivity index (χ3v) is 4.10. The van der Waals surface area contributed by atoms with E-state index in [4.69, 9.17) is 20.9 Å². The van der Waals surface area contributed by atoms with E-state index in [-0.39, 0.29) is 6.54 Å². The van der Waals surface area contributed by atoms with Gasteiger partial charge in [0.15, 0.2) is 5.82 Å². The monoisotopic (exact) mass is 382 g/mol. The van der Waals surface area contributed by atoms with E-state index in [9.17, 15) is 0 Å². The van der Waals surface area contributed by atoms with Gasteiger partial charge in [0.2, 0.25) is 11.7 Å². The molecule has 136 valence electrons. The van der Waals surface area contributed by atoms with Crippen molar-refractivity contribution in [3.8, 4) is 17.1 Å². The van der Waals surface area contributed by atoms with Crippen LogP contribution in [-0.4, -0.2) is 37.5 Å². The summed E-state index contributed by atoms with van der Waals surface area (Å²) in [6.45, 7) is 0.236. The van der Waals surface area contributed by atoms with Crippen LogP contribution in [0, 0.1) is 0 Å². The zero-order valence-corrected chi connectivity index (χ0v) is 15.2. The number of ether oxygens (including phenoxy) is 1. The number of aromatic nitrogens is 6. The molecule has 0 aliphatic carbocycles. The van der Waals surface area contributed by atoms with Gasteiger partial charge in [-0.3, -0.25) is 0 Å². The number of tetrazole rings is 1. The van der Waals surface area contributed by atoms with Gasteiger partial charge in [0, 0.05) is 22.6 Å². The molecule has 2 aromatic carbocycles. The highest BCUT2D eigenvalue weighted by Gasteiger charge is 2.13. The Morgan fingerprint density at radius 3 is 2.81 bits per heavy atom. The van der Waals surface area contributed by atoms with Crippen LogP contribution in [0.2, 0.25) is 5.02 Å². The topological polar surface area (TPSA) is 91.8 Å². The molecule has 0 spiro atoms. The van der Waals surface area contributed by atoms with Crippen LogP contribution in [0.5, 0.6) is 5.75 Å². The largest absolute Gasteiger partial charge is 0.496 e. The average Bonchev–Trinajstić information content (AvgIpc) is 3.33. The number of halogens is 1. The van der Waals surface area contributed by atoms with Gasteiger partial charge >= 0.3 is 0 Å². The van der Waals surface area contributed by atoms with Crippen molar-refractivity contribution in [2.75, 3.05) is 7.11 Å². The first kappa shape index (κ1) is 17.2. The van der Waals surface area contributed by atoms with Crippen LogP contribution >= 0.6 is 11.6 Å². The number of rotatable bonds is 6. The third-order valence-electron chi connectivity index (χ3n) is 3.86. The lowest BCUT2D eigenvalue weighted by Crippen LogP contribution is -2.04. The normalized spacial score (nSPS) is 10.9. The third kappa shape index (κ3) is 3.95. The molecule has 4 rings (SSSR count). The Morgan fingerprint density at radius 1 is 1.15 bits per heavy atom. The first-order valence-corrected chi connectivity index (χ1v) is 8.56. The van der Waals surface area contributed by atoms with Gasteiger partial charge < -0.3 is 9.26 Å². The molecule has 0 aliphatic rings. The molecule has 0 bridgehead atoms. The SMILES string of the molecule is COc1ccc(Cl)cc1Cc1noc(Cn2nnc(-c3ccccc3)n2)n1. The Kier molecular flexibility index (Phi) is 4.80. The molecule has 8 nitrogen and oxygen atoms in total. The Balaban J connectivity index is 1.48. The summed E-state index contributed by atoms with van der Waals surface area (Å²) >= 11 is 6.06. The number of hydrogen-bond acceptors (Lipinski definition) is 7. The lowest BCUT2D eigenvalue weighted by molar-refractivity contribution is 0.352. The van der Waals surface area contributed by atoms with Crippen molar-refractivity contribution in [2.24, 2.45) is 0 Å². The lowest BCUT2D eigenvalue weighted by Gasteiger charge is -2.06. The van der Waals surface area contributed by atoms with Crippen molar-refractivity contribution in [1.82, 2.24) is 30.3 Å². The fourth-order valence-corrected chi connectivity index (χ4v) is 2.81. The van der Waals surface area contributed by atoms with Crippen molar-refractivity contribution in [3.63, 3.8) is 0 Å². The zero-order valence-electron chi connectivity index (χ0n) is 14.4. The molecule has 9 heteroatoms. The molecule has 0 unspecified atom stereocenters. The molecule has 0 fully saturated rings. The summed E-state index contributed by atoms with van der Waals surface area (Å²) in [7, 11) is 1.61. The van der Waals surface area contributed by atoms with Gasteiger partial charge in [-0.15, -0.1) is 10.2 Å². The minimum absolute atomic E-state index is 0.236. The first-order chi connectivity index (χ1) is 13.2. The molecule has 4 aromatic rings. The summed E-state index contributed by atoms with van der Waals surface area (Å²) in [5.41, 5.74) is 1.77. The predicted molar refractivity (Wildman–Crippen MR) is 97.5 cm³/mol. The van der Waals surface area contributed by atoms with Crippen LogP contribution in [0.3, 0.4) is 0 Å². The molecular formula is C18H15ClN6O2. The quantitative estimate of drug-likeness (QED) is 0.506. The molecule has 0 saturated carbocycles. The number of methoxy groups -OCH3 is 1. The maximum atomic E-state index is 6.06. The Bertz CT molecular complexity index is 1050. The fraction of sp³-hybridized carbons (Fsp3) is 0.167. The van der Waals surface area contributed by atoms with Crippen LogP contribution in [0.15, 0.2) is 53.1 Å². The number of nitrogens with zero attached hydrogens (tertiary/aromatic N) is 6. The van der Waals surface area contributed by atoms with Gasteiger partial charge in [-0.1, -0.05) is 47.1 Å². The van der Waals surface area contributed by atoms with Gasteiger partial charge in [0.1, 0.15) is 12.3 Å². The van der Waals surface area contributed by atoms with E-state index < -0.39 is 0 Å². The summed E-state index contributed by atoms with van der Waals surface area (Å²) in [6, 6.07) is 15.0. The van der Waals surface area contributed by atoms with E-state index in [1.54, 1.807) is 13.2 Å². The van der Waals surface area contributed by atoms with E-state index in [2.05, 4.69) is 25.6 Å². The summed E-state index contributed by atoms with van der Waals surface area (Å²) in [5.74, 6) is 2.17. The highest BCUT2D eigenvalue weighted by Crippen LogP contribution is 2.24. The van der Waals surface area contributed by atoms with Crippen molar-refractivity contribution in [3.05, 3.63) is 70.8 Å². The van der Waals surface area contributed by atoms with Crippen molar-refractivity contribution < 1.29 is 9.26 Å². The van der Waals surface area contributed by atoms with Crippen LogP contribution < -0.4 is 4.74 Å².